The molecule has 2 aromatic rings. The molecule has 0 aromatic heterocycles. The van der Waals surface area contributed by atoms with Gasteiger partial charge in [0.2, 0.25) is 0 Å². The highest BCUT2D eigenvalue weighted by atomic mass is 19.1. The highest BCUT2D eigenvalue weighted by molar-refractivity contribution is 5.33. The third kappa shape index (κ3) is 4.50. The summed E-state index contributed by atoms with van der Waals surface area (Å²) in [5.74, 6) is 0.372. The lowest BCUT2D eigenvalue weighted by molar-refractivity contribution is -0.0650. The fourth-order valence-corrected chi connectivity index (χ4v) is 6.44. The number of halogens is 1. The third-order valence-corrected chi connectivity index (χ3v) is 8.27. The molecule has 1 N–H and O–H groups in total. The molecule has 172 valence electrons. The Kier molecular flexibility index (Phi) is 6.37. The Morgan fingerprint density at radius 3 is 2.44 bits per heavy atom. The molecule has 3 nitrogen and oxygen atoms in total. The van der Waals surface area contributed by atoms with Crippen LogP contribution >= 0.6 is 0 Å². The van der Waals surface area contributed by atoms with E-state index in [0.717, 1.165) is 26.2 Å². The molecule has 1 aliphatic carbocycles. The Bertz CT molecular complexity index is 895. The van der Waals surface area contributed by atoms with Crippen molar-refractivity contribution in [2.75, 3.05) is 32.7 Å². The second kappa shape index (κ2) is 9.24. The zero-order valence-corrected chi connectivity index (χ0v) is 19.7. The largest absolute Gasteiger partial charge is 0.317 e. The smallest absolute Gasteiger partial charge is 0.123 e. The maximum Gasteiger partial charge on any atom is 0.123 e. The molecule has 0 unspecified atom stereocenters. The summed E-state index contributed by atoms with van der Waals surface area (Å²) in [6, 6.07) is 17.3. The van der Waals surface area contributed by atoms with Crippen LogP contribution in [-0.2, 0) is 6.54 Å². The molecule has 2 heterocycles. The summed E-state index contributed by atoms with van der Waals surface area (Å²) in [4.78, 5) is 5.42. The Morgan fingerprint density at radius 2 is 1.72 bits per heavy atom. The van der Waals surface area contributed by atoms with E-state index in [-0.39, 0.29) is 5.82 Å². The molecule has 3 fully saturated rings. The van der Waals surface area contributed by atoms with Crippen molar-refractivity contribution in [3.8, 4) is 0 Å². The van der Waals surface area contributed by atoms with Gasteiger partial charge < -0.3 is 5.32 Å². The SMILES string of the molecule is CC(C)c1ccccc1[C@@H]1CN(Cc2ccc(F)cc2)CCN1C1CC2(CCNCC2)C1. The van der Waals surface area contributed by atoms with E-state index in [4.69, 9.17) is 0 Å². The lowest BCUT2D eigenvalue weighted by atomic mass is 9.60. The molecule has 2 aliphatic heterocycles. The molecule has 4 heteroatoms. The number of benzene rings is 2. The number of rotatable bonds is 5. The van der Waals surface area contributed by atoms with Gasteiger partial charge in [-0.15, -0.1) is 0 Å². The summed E-state index contributed by atoms with van der Waals surface area (Å²) in [5, 5.41) is 3.55. The molecule has 0 radical (unpaired) electrons. The molecule has 2 aromatic carbocycles. The van der Waals surface area contributed by atoms with Gasteiger partial charge in [-0.2, -0.15) is 0 Å². The minimum Gasteiger partial charge on any atom is -0.317 e. The van der Waals surface area contributed by atoms with Crippen molar-refractivity contribution in [1.82, 2.24) is 15.1 Å². The third-order valence-electron chi connectivity index (χ3n) is 8.27. The van der Waals surface area contributed by atoms with E-state index in [9.17, 15) is 4.39 Å². The number of piperidine rings is 1. The van der Waals surface area contributed by atoms with Gasteiger partial charge >= 0.3 is 0 Å². The maximum atomic E-state index is 13.4. The van der Waals surface area contributed by atoms with Crippen LogP contribution in [0.2, 0.25) is 0 Å². The fourth-order valence-electron chi connectivity index (χ4n) is 6.44. The summed E-state index contributed by atoms with van der Waals surface area (Å²) in [6.07, 6.45) is 5.43. The molecule has 0 bridgehead atoms. The average Bonchev–Trinajstić information content (AvgIpc) is 2.79. The van der Waals surface area contributed by atoms with E-state index in [2.05, 4.69) is 53.2 Å². The van der Waals surface area contributed by atoms with Crippen LogP contribution in [0.15, 0.2) is 48.5 Å². The average molecular weight is 436 g/mol. The van der Waals surface area contributed by atoms with Crippen LogP contribution in [0.1, 0.15) is 68.2 Å². The second-order valence-electron chi connectivity index (χ2n) is 10.7. The molecule has 1 saturated carbocycles. The van der Waals surface area contributed by atoms with Crippen LogP contribution in [0.3, 0.4) is 0 Å². The predicted octanol–water partition coefficient (Wildman–Crippen LogP) is 5.34. The Hall–Kier alpha value is -1.75. The van der Waals surface area contributed by atoms with Gasteiger partial charge in [-0.05, 0) is 78.9 Å². The Morgan fingerprint density at radius 1 is 1.00 bits per heavy atom. The molecule has 32 heavy (non-hydrogen) atoms. The van der Waals surface area contributed by atoms with Gasteiger partial charge in [0.25, 0.3) is 0 Å². The van der Waals surface area contributed by atoms with Crippen LogP contribution in [-0.4, -0.2) is 48.6 Å². The van der Waals surface area contributed by atoms with E-state index >= 15 is 0 Å². The maximum absolute atomic E-state index is 13.4. The number of hydrogen-bond donors (Lipinski definition) is 1. The van der Waals surface area contributed by atoms with Crippen molar-refractivity contribution in [2.24, 2.45) is 5.41 Å². The van der Waals surface area contributed by atoms with Crippen LogP contribution in [0.4, 0.5) is 4.39 Å². The molecular formula is C28H38FN3. The molecule has 1 spiro atoms. The molecule has 0 amide bonds. The van der Waals surface area contributed by atoms with Gasteiger partial charge in [-0.1, -0.05) is 50.2 Å². The van der Waals surface area contributed by atoms with Crippen molar-refractivity contribution in [2.45, 2.75) is 64.1 Å². The summed E-state index contributed by atoms with van der Waals surface area (Å²) >= 11 is 0. The predicted molar refractivity (Wildman–Crippen MR) is 129 cm³/mol. The quantitative estimate of drug-likeness (QED) is 0.684. The van der Waals surface area contributed by atoms with E-state index in [1.165, 1.54) is 55.5 Å². The van der Waals surface area contributed by atoms with Crippen LogP contribution in [0, 0.1) is 11.2 Å². The zero-order chi connectivity index (χ0) is 22.1. The number of piperazine rings is 1. The summed E-state index contributed by atoms with van der Waals surface area (Å²) in [6.45, 7) is 11.2. The topological polar surface area (TPSA) is 18.5 Å². The molecule has 1 atom stereocenters. The molecule has 3 aliphatic rings. The molecule has 2 saturated heterocycles. The van der Waals surface area contributed by atoms with Gasteiger partial charge in [-0.3, -0.25) is 9.80 Å². The Labute approximate surface area is 193 Å². The van der Waals surface area contributed by atoms with E-state index in [1.807, 2.05) is 12.1 Å². The van der Waals surface area contributed by atoms with Gasteiger partial charge in [0.05, 0.1) is 0 Å². The van der Waals surface area contributed by atoms with Gasteiger partial charge in [0, 0.05) is 38.3 Å². The minimum absolute atomic E-state index is 0.154. The van der Waals surface area contributed by atoms with E-state index in [0.29, 0.717) is 23.4 Å². The first kappa shape index (κ1) is 22.1. The highest BCUT2D eigenvalue weighted by Crippen LogP contribution is 2.52. The van der Waals surface area contributed by atoms with Gasteiger partial charge in [0.15, 0.2) is 0 Å². The van der Waals surface area contributed by atoms with Crippen molar-refractivity contribution >= 4 is 0 Å². The van der Waals surface area contributed by atoms with Crippen molar-refractivity contribution in [3.63, 3.8) is 0 Å². The first-order valence-electron chi connectivity index (χ1n) is 12.6. The Balaban J connectivity index is 1.36. The lowest BCUT2D eigenvalue weighted by Crippen LogP contribution is -2.59. The number of nitrogens with zero attached hydrogens (tertiary/aromatic N) is 2. The standard InChI is InChI=1S/C28H38FN3/c1-21(2)25-5-3-4-6-26(25)27-20-31(19-22-7-9-23(29)10-8-22)15-16-32(27)24-17-28(18-24)11-13-30-14-12-28/h3-10,21,24,27,30H,11-20H2,1-2H3/t27-/m0/s1. The summed E-state index contributed by atoms with van der Waals surface area (Å²) in [7, 11) is 0. The molecular weight excluding hydrogens is 397 g/mol. The first-order chi connectivity index (χ1) is 15.5. The highest BCUT2D eigenvalue weighted by Gasteiger charge is 2.49. The monoisotopic (exact) mass is 435 g/mol. The van der Waals surface area contributed by atoms with Gasteiger partial charge in [-0.25, -0.2) is 4.39 Å². The van der Waals surface area contributed by atoms with Crippen LogP contribution in [0.25, 0.3) is 0 Å². The summed E-state index contributed by atoms with van der Waals surface area (Å²) < 4.78 is 13.4. The van der Waals surface area contributed by atoms with Crippen molar-refractivity contribution in [3.05, 3.63) is 71.0 Å². The van der Waals surface area contributed by atoms with E-state index < -0.39 is 0 Å². The summed E-state index contributed by atoms with van der Waals surface area (Å²) in [5.41, 5.74) is 4.80. The lowest BCUT2D eigenvalue weighted by Gasteiger charge is -2.57. The van der Waals surface area contributed by atoms with Crippen LogP contribution < -0.4 is 5.32 Å². The van der Waals surface area contributed by atoms with E-state index in [1.54, 1.807) is 12.1 Å². The normalized spacial score (nSPS) is 24.7. The first-order valence-corrected chi connectivity index (χ1v) is 12.6. The second-order valence-corrected chi connectivity index (χ2v) is 10.7. The minimum atomic E-state index is -0.154. The number of hydrogen-bond acceptors (Lipinski definition) is 3. The van der Waals surface area contributed by atoms with Crippen molar-refractivity contribution in [1.29, 1.82) is 0 Å². The fraction of sp³-hybridized carbons (Fsp3) is 0.571. The van der Waals surface area contributed by atoms with Crippen molar-refractivity contribution < 1.29 is 4.39 Å². The van der Waals surface area contributed by atoms with Crippen LogP contribution in [0.5, 0.6) is 0 Å². The van der Waals surface area contributed by atoms with Gasteiger partial charge in [0.1, 0.15) is 5.82 Å². The zero-order valence-electron chi connectivity index (χ0n) is 19.7. The molecule has 5 rings (SSSR count). The number of nitrogens with one attached hydrogen (secondary N) is 1.